The molecule has 0 radical (unpaired) electrons. The van der Waals surface area contributed by atoms with Crippen LogP contribution in [0.1, 0.15) is 13.3 Å². The van der Waals surface area contributed by atoms with Gasteiger partial charge in [0, 0.05) is 30.9 Å². The number of imidazole rings is 1. The lowest BCUT2D eigenvalue weighted by Gasteiger charge is -2.11. The molecule has 3 nitrogen and oxygen atoms in total. The van der Waals surface area contributed by atoms with Crippen LogP contribution in [0.15, 0.2) is 42.5 Å². The van der Waals surface area contributed by atoms with Crippen LogP contribution in [-0.4, -0.2) is 16.6 Å². The second kappa shape index (κ2) is 5.56. The fourth-order valence-corrected chi connectivity index (χ4v) is 2.65. The number of benzene rings is 2. The van der Waals surface area contributed by atoms with E-state index in [0.29, 0.717) is 5.52 Å². The highest BCUT2D eigenvalue weighted by atomic mass is 19.1. The number of fused-ring (bicyclic) bond motifs is 1. The largest absolute Gasteiger partial charge is 0.388 e. The summed E-state index contributed by atoms with van der Waals surface area (Å²) < 4.78 is 15.6. The monoisotopic (exact) mass is 283 g/mol. The van der Waals surface area contributed by atoms with Crippen LogP contribution in [0.25, 0.3) is 22.4 Å². The average molecular weight is 283 g/mol. The van der Waals surface area contributed by atoms with Crippen molar-refractivity contribution in [3.8, 4) is 11.4 Å². The van der Waals surface area contributed by atoms with Crippen molar-refractivity contribution >= 4 is 16.7 Å². The molecule has 0 bridgehead atoms. The van der Waals surface area contributed by atoms with Crippen LogP contribution < -0.4 is 5.32 Å². The molecule has 0 unspecified atom stereocenters. The summed E-state index contributed by atoms with van der Waals surface area (Å²) >= 11 is 0. The van der Waals surface area contributed by atoms with Crippen molar-refractivity contribution in [2.24, 2.45) is 0 Å². The number of rotatable bonds is 4. The Balaban J connectivity index is 2.28. The average Bonchev–Trinajstić information content (AvgIpc) is 2.85. The lowest BCUT2D eigenvalue weighted by molar-refractivity contribution is 0.629. The quantitative estimate of drug-likeness (QED) is 0.774. The van der Waals surface area contributed by atoms with Crippen LogP contribution in [0.3, 0.4) is 0 Å². The highest BCUT2D eigenvalue weighted by Crippen LogP contribution is 2.30. The van der Waals surface area contributed by atoms with Gasteiger partial charge in [0.1, 0.15) is 11.6 Å². The first kappa shape index (κ1) is 13.6. The van der Waals surface area contributed by atoms with E-state index in [9.17, 15) is 4.39 Å². The molecule has 3 aromatic rings. The lowest BCUT2D eigenvalue weighted by atomic mass is 10.1. The van der Waals surface area contributed by atoms with Crippen LogP contribution in [0, 0.1) is 5.82 Å². The SMILES string of the molecule is CCCn1c(-c2ccccc2NC)nc2cc(F)ccc21. The molecule has 0 atom stereocenters. The second-order valence-electron chi connectivity index (χ2n) is 5.02. The smallest absolute Gasteiger partial charge is 0.143 e. The number of hydrogen-bond donors (Lipinski definition) is 1. The standard InChI is InChI=1S/C17H18FN3/c1-3-10-21-16-9-8-12(18)11-15(16)20-17(21)13-6-4-5-7-14(13)19-2/h4-9,11,19H,3,10H2,1-2H3. The highest BCUT2D eigenvalue weighted by Gasteiger charge is 2.14. The molecule has 0 aliphatic rings. The van der Waals surface area contributed by atoms with Gasteiger partial charge in [-0.05, 0) is 30.7 Å². The first-order valence-corrected chi connectivity index (χ1v) is 7.17. The van der Waals surface area contributed by atoms with Gasteiger partial charge in [-0.15, -0.1) is 0 Å². The number of nitrogens with zero attached hydrogens (tertiary/aromatic N) is 2. The predicted molar refractivity (Wildman–Crippen MR) is 85.0 cm³/mol. The molecule has 0 aliphatic heterocycles. The zero-order valence-corrected chi connectivity index (χ0v) is 12.2. The van der Waals surface area contributed by atoms with E-state index in [-0.39, 0.29) is 5.82 Å². The molecule has 1 heterocycles. The van der Waals surface area contributed by atoms with Crippen molar-refractivity contribution in [2.75, 3.05) is 12.4 Å². The highest BCUT2D eigenvalue weighted by molar-refractivity contribution is 5.84. The predicted octanol–water partition coefficient (Wildman–Crippen LogP) is 4.29. The van der Waals surface area contributed by atoms with Gasteiger partial charge >= 0.3 is 0 Å². The molecule has 1 N–H and O–H groups in total. The van der Waals surface area contributed by atoms with Gasteiger partial charge in [-0.25, -0.2) is 9.37 Å². The molecule has 0 amide bonds. The Kier molecular flexibility index (Phi) is 3.60. The number of halogens is 1. The van der Waals surface area contributed by atoms with Crippen LogP contribution in [-0.2, 0) is 6.54 Å². The Morgan fingerprint density at radius 1 is 1.19 bits per heavy atom. The van der Waals surface area contributed by atoms with E-state index in [2.05, 4.69) is 21.8 Å². The summed E-state index contributed by atoms with van der Waals surface area (Å²) in [6.45, 7) is 2.98. The van der Waals surface area contributed by atoms with Gasteiger partial charge in [0.15, 0.2) is 0 Å². The third kappa shape index (κ3) is 2.37. The van der Waals surface area contributed by atoms with Gasteiger partial charge in [-0.1, -0.05) is 19.1 Å². The van der Waals surface area contributed by atoms with Crippen molar-refractivity contribution in [2.45, 2.75) is 19.9 Å². The molecule has 0 saturated carbocycles. The molecule has 4 heteroatoms. The lowest BCUT2D eigenvalue weighted by Crippen LogP contribution is -2.01. The van der Waals surface area contributed by atoms with E-state index in [1.165, 1.54) is 12.1 Å². The summed E-state index contributed by atoms with van der Waals surface area (Å²) in [4.78, 5) is 4.65. The number of para-hydroxylation sites is 1. The van der Waals surface area contributed by atoms with Gasteiger partial charge < -0.3 is 9.88 Å². The van der Waals surface area contributed by atoms with Gasteiger partial charge in [-0.2, -0.15) is 0 Å². The Morgan fingerprint density at radius 2 is 2.00 bits per heavy atom. The van der Waals surface area contributed by atoms with E-state index in [1.54, 1.807) is 6.07 Å². The molecule has 21 heavy (non-hydrogen) atoms. The van der Waals surface area contributed by atoms with Crippen molar-refractivity contribution in [3.63, 3.8) is 0 Å². The fraction of sp³-hybridized carbons (Fsp3) is 0.235. The van der Waals surface area contributed by atoms with E-state index in [4.69, 9.17) is 0 Å². The Labute approximate surface area is 123 Å². The maximum atomic E-state index is 13.4. The summed E-state index contributed by atoms with van der Waals surface area (Å²) in [5, 5.41) is 3.19. The number of nitrogens with one attached hydrogen (secondary N) is 1. The molecular weight excluding hydrogens is 265 g/mol. The molecule has 0 saturated heterocycles. The minimum Gasteiger partial charge on any atom is -0.388 e. The number of anilines is 1. The molecular formula is C17H18FN3. The molecule has 0 aliphatic carbocycles. The topological polar surface area (TPSA) is 29.9 Å². The zero-order chi connectivity index (χ0) is 14.8. The first-order chi connectivity index (χ1) is 10.2. The van der Waals surface area contributed by atoms with Crippen LogP contribution in [0.2, 0.25) is 0 Å². The van der Waals surface area contributed by atoms with E-state index in [0.717, 1.165) is 35.6 Å². The second-order valence-corrected chi connectivity index (χ2v) is 5.02. The Morgan fingerprint density at radius 3 is 2.76 bits per heavy atom. The fourth-order valence-electron chi connectivity index (χ4n) is 2.65. The number of hydrogen-bond acceptors (Lipinski definition) is 2. The number of aryl methyl sites for hydroxylation is 1. The minimum atomic E-state index is -0.253. The van der Waals surface area contributed by atoms with Crippen molar-refractivity contribution in [1.29, 1.82) is 0 Å². The van der Waals surface area contributed by atoms with Crippen LogP contribution in [0.4, 0.5) is 10.1 Å². The van der Waals surface area contributed by atoms with Gasteiger partial charge in [0.25, 0.3) is 0 Å². The van der Waals surface area contributed by atoms with Crippen LogP contribution >= 0.6 is 0 Å². The zero-order valence-electron chi connectivity index (χ0n) is 12.2. The van der Waals surface area contributed by atoms with Crippen molar-refractivity contribution in [3.05, 3.63) is 48.3 Å². The third-order valence-electron chi connectivity index (χ3n) is 3.59. The van der Waals surface area contributed by atoms with Gasteiger partial charge in [0.2, 0.25) is 0 Å². The molecule has 2 aromatic carbocycles. The summed E-state index contributed by atoms with van der Waals surface area (Å²) in [5.74, 6) is 0.625. The summed E-state index contributed by atoms with van der Waals surface area (Å²) in [5.41, 5.74) is 3.72. The van der Waals surface area contributed by atoms with E-state index in [1.807, 2.05) is 31.3 Å². The maximum absolute atomic E-state index is 13.4. The molecule has 0 spiro atoms. The minimum absolute atomic E-state index is 0.253. The summed E-state index contributed by atoms with van der Waals surface area (Å²) in [6, 6.07) is 12.8. The Bertz CT molecular complexity index is 777. The van der Waals surface area contributed by atoms with E-state index < -0.39 is 0 Å². The third-order valence-corrected chi connectivity index (χ3v) is 3.59. The van der Waals surface area contributed by atoms with Gasteiger partial charge in [0.05, 0.1) is 11.0 Å². The Hall–Kier alpha value is -2.36. The number of aromatic nitrogens is 2. The first-order valence-electron chi connectivity index (χ1n) is 7.17. The van der Waals surface area contributed by atoms with Crippen molar-refractivity contribution in [1.82, 2.24) is 9.55 Å². The molecule has 0 fully saturated rings. The summed E-state index contributed by atoms with van der Waals surface area (Å²) in [7, 11) is 1.89. The van der Waals surface area contributed by atoms with Gasteiger partial charge in [-0.3, -0.25) is 0 Å². The molecule has 108 valence electrons. The molecule has 1 aromatic heterocycles. The molecule has 3 rings (SSSR count). The normalized spacial score (nSPS) is 11.0. The maximum Gasteiger partial charge on any atom is 0.143 e. The van der Waals surface area contributed by atoms with Crippen molar-refractivity contribution < 1.29 is 4.39 Å². The summed E-state index contributed by atoms with van der Waals surface area (Å²) in [6.07, 6.45) is 0.998. The van der Waals surface area contributed by atoms with E-state index >= 15 is 0 Å². The van der Waals surface area contributed by atoms with Crippen LogP contribution in [0.5, 0.6) is 0 Å².